The van der Waals surface area contributed by atoms with Gasteiger partial charge in [0.1, 0.15) is 23.1 Å². The van der Waals surface area contributed by atoms with Gasteiger partial charge in [-0.25, -0.2) is 4.98 Å². The Kier molecular flexibility index (Phi) is 7.05. The zero-order valence-electron chi connectivity index (χ0n) is 17.7. The van der Waals surface area contributed by atoms with Crippen molar-refractivity contribution in [2.45, 2.75) is 12.3 Å². The van der Waals surface area contributed by atoms with Gasteiger partial charge in [-0.15, -0.1) is 10.2 Å². The summed E-state index contributed by atoms with van der Waals surface area (Å²) < 4.78 is 45.5. The maximum Gasteiger partial charge on any atom is 0.416 e. The van der Waals surface area contributed by atoms with Gasteiger partial charge in [-0.1, -0.05) is 17.4 Å². The van der Waals surface area contributed by atoms with Gasteiger partial charge in [-0.2, -0.15) is 13.2 Å². The van der Waals surface area contributed by atoms with Crippen LogP contribution in [-0.2, 0) is 6.18 Å². The van der Waals surface area contributed by atoms with E-state index in [0.717, 1.165) is 23.5 Å². The van der Waals surface area contributed by atoms with E-state index < -0.39 is 30.4 Å². The van der Waals surface area contributed by atoms with Crippen molar-refractivity contribution < 1.29 is 32.9 Å². The maximum atomic E-state index is 13.2. The molecule has 2 heterocycles. The Morgan fingerprint density at radius 2 is 1.89 bits per heavy atom. The second-order valence-corrected chi connectivity index (χ2v) is 8.01. The first kappa shape index (κ1) is 24.3. The Labute approximate surface area is 200 Å². The Morgan fingerprint density at radius 3 is 2.54 bits per heavy atom. The minimum atomic E-state index is -4.65. The topological polar surface area (TPSA) is 117 Å². The largest absolute Gasteiger partial charge is 0.457 e. The number of nitrogens with one attached hydrogen (secondary N) is 1. The van der Waals surface area contributed by atoms with Crippen molar-refractivity contribution in [1.82, 2.24) is 15.2 Å². The Balaban J connectivity index is 1.60. The first-order chi connectivity index (χ1) is 16.7. The van der Waals surface area contributed by atoms with Crippen molar-refractivity contribution in [1.29, 1.82) is 0 Å². The van der Waals surface area contributed by atoms with Crippen LogP contribution in [0.1, 0.15) is 27.7 Å². The van der Waals surface area contributed by atoms with E-state index in [-0.39, 0.29) is 22.2 Å². The van der Waals surface area contributed by atoms with Crippen LogP contribution in [0.3, 0.4) is 0 Å². The zero-order valence-corrected chi connectivity index (χ0v) is 18.5. The predicted molar refractivity (Wildman–Crippen MR) is 121 cm³/mol. The minimum Gasteiger partial charge on any atom is -0.457 e. The van der Waals surface area contributed by atoms with E-state index in [9.17, 15) is 23.1 Å². The second kappa shape index (κ2) is 10.2. The van der Waals surface area contributed by atoms with Crippen molar-refractivity contribution in [3.8, 4) is 22.8 Å². The van der Waals surface area contributed by atoms with Crippen LogP contribution in [0, 0.1) is 0 Å². The van der Waals surface area contributed by atoms with Crippen molar-refractivity contribution in [3.63, 3.8) is 0 Å². The molecule has 4 aromatic rings. The number of hydrogen-bond acceptors (Lipinski definition) is 8. The number of carbonyl (C=O) groups is 1. The van der Waals surface area contributed by atoms with E-state index >= 15 is 0 Å². The van der Waals surface area contributed by atoms with Gasteiger partial charge < -0.3 is 14.9 Å². The highest BCUT2D eigenvalue weighted by molar-refractivity contribution is 7.13. The molecule has 0 bridgehead atoms. The van der Waals surface area contributed by atoms with Gasteiger partial charge in [0.25, 0.3) is 5.91 Å². The van der Waals surface area contributed by atoms with E-state index in [4.69, 9.17) is 9.84 Å². The first-order valence-corrected chi connectivity index (χ1v) is 11.0. The lowest BCUT2D eigenvalue weighted by Crippen LogP contribution is -2.15. The Bertz CT molecular complexity index is 1320. The van der Waals surface area contributed by atoms with Gasteiger partial charge in [0.15, 0.2) is 0 Å². The Hall–Kier alpha value is -3.87. The second-order valence-electron chi connectivity index (χ2n) is 7.18. The number of rotatable bonds is 7. The number of carbonyl (C=O) groups excluding carboxylic acids is 1. The molecule has 1 amide bonds. The third-order valence-corrected chi connectivity index (χ3v) is 5.40. The molecule has 2 aromatic heterocycles. The maximum absolute atomic E-state index is 13.2. The number of amides is 1. The van der Waals surface area contributed by atoms with E-state index in [2.05, 4.69) is 20.5 Å². The summed E-state index contributed by atoms with van der Waals surface area (Å²) in [6, 6.07) is 14.1. The molecule has 0 aliphatic carbocycles. The molecule has 0 fully saturated rings. The zero-order chi connectivity index (χ0) is 25.0. The molecule has 180 valence electrons. The summed E-state index contributed by atoms with van der Waals surface area (Å²) in [6.07, 6.45) is -5.76. The third kappa shape index (κ3) is 5.80. The van der Waals surface area contributed by atoms with Crippen LogP contribution in [0.2, 0.25) is 0 Å². The lowest BCUT2D eigenvalue weighted by atomic mass is 10.1. The highest BCUT2D eigenvalue weighted by atomic mass is 32.1. The quantitative estimate of drug-likeness (QED) is 0.336. The van der Waals surface area contributed by atoms with Crippen LogP contribution < -0.4 is 10.1 Å². The monoisotopic (exact) mass is 502 g/mol. The average molecular weight is 502 g/mol. The molecule has 8 nitrogen and oxygen atoms in total. The molecular formula is C23H17F3N4O4S. The molecule has 2 aromatic carbocycles. The molecular weight excluding hydrogens is 485 g/mol. The molecule has 0 aliphatic heterocycles. The molecule has 3 N–H and O–H groups in total. The van der Waals surface area contributed by atoms with Gasteiger partial charge >= 0.3 is 6.18 Å². The summed E-state index contributed by atoms with van der Waals surface area (Å²) >= 11 is 1.02. The normalized spacial score (nSPS) is 12.3. The third-order valence-electron chi connectivity index (χ3n) is 4.79. The molecule has 4 rings (SSSR count). The van der Waals surface area contributed by atoms with Crippen LogP contribution in [0.15, 0.2) is 66.2 Å². The lowest BCUT2D eigenvalue weighted by Gasteiger charge is -2.14. The number of alkyl halides is 3. The van der Waals surface area contributed by atoms with Gasteiger partial charge in [0, 0.05) is 5.56 Å². The van der Waals surface area contributed by atoms with Gasteiger partial charge in [0.05, 0.1) is 29.1 Å². The van der Waals surface area contributed by atoms with Gasteiger partial charge in [-0.05, 0) is 54.6 Å². The van der Waals surface area contributed by atoms with Crippen LogP contribution in [0.5, 0.6) is 11.5 Å². The summed E-state index contributed by atoms with van der Waals surface area (Å²) in [5.41, 5.74) is 1.56. The summed E-state index contributed by atoms with van der Waals surface area (Å²) in [7, 11) is 0. The average Bonchev–Trinajstić information content (AvgIpc) is 3.36. The summed E-state index contributed by atoms with van der Waals surface area (Å²) in [5, 5.41) is 28.7. The molecule has 0 saturated carbocycles. The minimum absolute atomic E-state index is 0.0843. The van der Waals surface area contributed by atoms with E-state index in [0.29, 0.717) is 23.0 Å². The number of hydrogen-bond donors (Lipinski definition) is 3. The number of ether oxygens (including phenoxy) is 1. The highest BCUT2D eigenvalue weighted by Crippen LogP contribution is 2.35. The fourth-order valence-electron chi connectivity index (χ4n) is 3.08. The SMILES string of the molecule is O=C(Nc1nncs1)c1cc(C(F)(F)F)ccc1Oc1ccc(-c2cccc([C@H](O)CO)n2)cc1. The van der Waals surface area contributed by atoms with Gasteiger partial charge in [-0.3, -0.25) is 10.1 Å². The number of aliphatic hydroxyl groups is 2. The van der Waals surface area contributed by atoms with Crippen molar-refractivity contribution in [3.05, 3.63) is 83.0 Å². The number of anilines is 1. The molecule has 0 radical (unpaired) electrons. The lowest BCUT2D eigenvalue weighted by molar-refractivity contribution is -0.137. The molecule has 0 saturated heterocycles. The van der Waals surface area contributed by atoms with Crippen LogP contribution in [-0.4, -0.2) is 37.9 Å². The molecule has 1 atom stereocenters. The number of aromatic nitrogens is 3. The number of benzene rings is 2. The van der Waals surface area contributed by atoms with Crippen LogP contribution in [0.4, 0.5) is 18.3 Å². The van der Waals surface area contributed by atoms with Gasteiger partial charge in [0.2, 0.25) is 5.13 Å². The van der Waals surface area contributed by atoms with Crippen molar-refractivity contribution in [2.75, 3.05) is 11.9 Å². The molecule has 0 spiro atoms. The van der Waals surface area contributed by atoms with Crippen molar-refractivity contribution in [2.24, 2.45) is 0 Å². The number of halogens is 3. The summed E-state index contributed by atoms with van der Waals surface area (Å²) in [4.78, 5) is 17.0. The molecule has 35 heavy (non-hydrogen) atoms. The molecule has 0 aliphatic rings. The fourth-order valence-corrected chi connectivity index (χ4v) is 3.52. The van der Waals surface area contributed by atoms with Crippen molar-refractivity contribution >= 4 is 22.4 Å². The molecule has 0 unspecified atom stereocenters. The summed E-state index contributed by atoms with van der Waals surface area (Å²) in [6.45, 7) is -0.467. The standard InChI is InChI=1S/C23H17F3N4O4S/c24-23(25,26)14-6-9-20(16(10-14)21(33)29-22-30-27-12-35-22)34-15-7-4-13(5-8-15)17-2-1-3-18(28-17)19(32)11-31/h1-10,12,19,31-32H,11H2,(H,29,30,33)/t19-/m1/s1. The van der Waals surface area contributed by atoms with Crippen LogP contribution in [0.25, 0.3) is 11.3 Å². The summed E-state index contributed by atoms with van der Waals surface area (Å²) in [5.74, 6) is -0.646. The number of nitrogens with zero attached hydrogens (tertiary/aromatic N) is 3. The Morgan fingerprint density at radius 1 is 1.11 bits per heavy atom. The number of pyridine rings is 1. The number of aliphatic hydroxyl groups excluding tert-OH is 2. The molecule has 12 heteroatoms. The fraction of sp³-hybridized carbons (Fsp3) is 0.130. The van der Waals surface area contributed by atoms with E-state index in [1.54, 1.807) is 42.5 Å². The first-order valence-electron chi connectivity index (χ1n) is 10.1. The van der Waals surface area contributed by atoms with E-state index in [1.807, 2.05) is 0 Å². The predicted octanol–water partition coefficient (Wildman–Crippen LogP) is 4.69. The smallest absolute Gasteiger partial charge is 0.416 e. The highest BCUT2D eigenvalue weighted by Gasteiger charge is 2.32. The van der Waals surface area contributed by atoms with E-state index in [1.165, 1.54) is 5.51 Å². The van der Waals surface area contributed by atoms with Crippen LogP contribution >= 0.6 is 11.3 Å².